The van der Waals surface area contributed by atoms with Crippen molar-refractivity contribution in [3.8, 4) is 11.5 Å². The molecule has 2 aromatic rings. The third-order valence-electron chi connectivity index (χ3n) is 2.89. The number of carbonyl (C=O) groups excluding carboxylic acids is 1. The molecule has 0 heterocycles. The Hall–Kier alpha value is -2.69. The van der Waals surface area contributed by atoms with Gasteiger partial charge in [0.05, 0.1) is 18.5 Å². The van der Waals surface area contributed by atoms with Gasteiger partial charge in [0.25, 0.3) is 5.91 Å². The van der Waals surface area contributed by atoms with Crippen LogP contribution in [0.25, 0.3) is 0 Å². The number of nitrogen functional groups attached to an aromatic ring is 1. The van der Waals surface area contributed by atoms with Gasteiger partial charge in [0.1, 0.15) is 11.5 Å². The van der Waals surface area contributed by atoms with Crippen molar-refractivity contribution in [2.24, 2.45) is 0 Å². The van der Waals surface area contributed by atoms with Crippen LogP contribution in [0.15, 0.2) is 42.5 Å². The molecule has 110 valence electrons. The van der Waals surface area contributed by atoms with E-state index in [9.17, 15) is 4.79 Å². The van der Waals surface area contributed by atoms with Crippen molar-refractivity contribution in [2.75, 3.05) is 24.8 Å². The molecule has 2 aromatic carbocycles. The summed E-state index contributed by atoms with van der Waals surface area (Å²) in [6.07, 6.45) is 0. The first-order valence-electron chi connectivity index (χ1n) is 6.51. The first-order chi connectivity index (χ1) is 10.1. The third-order valence-corrected chi connectivity index (χ3v) is 2.89. The van der Waals surface area contributed by atoms with Gasteiger partial charge in [-0.05, 0) is 36.8 Å². The minimum absolute atomic E-state index is 0.0745. The smallest absolute Gasteiger partial charge is 0.262 e. The molecule has 1 amide bonds. The molecular formula is C16H18N2O3. The Balaban J connectivity index is 1.93. The Morgan fingerprint density at radius 1 is 1.19 bits per heavy atom. The lowest BCUT2D eigenvalue weighted by Gasteiger charge is -2.10. The second kappa shape index (κ2) is 6.65. The Bertz CT molecular complexity index is 641. The van der Waals surface area contributed by atoms with Crippen LogP contribution in [0.3, 0.4) is 0 Å². The normalized spacial score (nSPS) is 10.0. The highest BCUT2D eigenvalue weighted by Crippen LogP contribution is 2.24. The number of nitrogens with one attached hydrogen (secondary N) is 1. The summed E-state index contributed by atoms with van der Waals surface area (Å²) in [4.78, 5) is 11.9. The summed E-state index contributed by atoms with van der Waals surface area (Å²) in [7, 11) is 1.56. The molecule has 0 unspecified atom stereocenters. The van der Waals surface area contributed by atoms with E-state index < -0.39 is 0 Å². The van der Waals surface area contributed by atoms with Crippen molar-refractivity contribution in [1.82, 2.24) is 0 Å². The van der Waals surface area contributed by atoms with E-state index >= 15 is 0 Å². The number of amides is 1. The topological polar surface area (TPSA) is 73.6 Å². The second-order valence-electron chi connectivity index (χ2n) is 4.61. The molecule has 0 aliphatic rings. The first-order valence-corrected chi connectivity index (χ1v) is 6.51. The van der Waals surface area contributed by atoms with Crippen molar-refractivity contribution in [1.29, 1.82) is 0 Å². The zero-order valence-electron chi connectivity index (χ0n) is 12.1. The molecule has 0 aromatic heterocycles. The molecule has 0 fully saturated rings. The summed E-state index contributed by atoms with van der Waals surface area (Å²) in [6.45, 7) is 1.89. The lowest BCUT2D eigenvalue weighted by molar-refractivity contribution is -0.118. The number of rotatable bonds is 5. The van der Waals surface area contributed by atoms with Gasteiger partial charge in [-0.3, -0.25) is 4.79 Å². The minimum atomic E-state index is -0.270. The monoisotopic (exact) mass is 286 g/mol. The average Bonchev–Trinajstić information content (AvgIpc) is 2.47. The molecular weight excluding hydrogens is 268 g/mol. The predicted molar refractivity (Wildman–Crippen MR) is 82.7 cm³/mol. The maximum atomic E-state index is 11.9. The number of anilines is 2. The maximum Gasteiger partial charge on any atom is 0.262 e. The van der Waals surface area contributed by atoms with E-state index in [4.69, 9.17) is 15.2 Å². The van der Waals surface area contributed by atoms with E-state index in [2.05, 4.69) is 5.32 Å². The Morgan fingerprint density at radius 3 is 2.67 bits per heavy atom. The van der Waals surface area contributed by atoms with Crippen molar-refractivity contribution in [3.05, 3.63) is 48.0 Å². The number of benzene rings is 2. The Morgan fingerprint density at radius 2 is 2.00 bits per heavy atom. The first kappa shape index (κ1) is 14.7. The van der Waals surface area contributed by atoms with Gasteiger partial charge < -0.3 is 20.5 Å². The predicted octanol–water partition coefficient (Wildman–Crippen LogP) is 2.60. The van der Waals surface area contributed by atoms with E-state index in [1.165, 1.54) is 0 Å². The second-order valence-corrected chi connectivity index (χ2v) is 4.61. The van der Waals surface area contributed by atoms with Crippen LogP contribution in [0.1, 0.15) is 5.56 Å². The van der Waals surface area contributed by atoms with Crippen molar-refractivity contribution < 1.29 is 14.3 Å². The van der Waals surface area contributed by atoms with Gasteiger partial charge in [-0.25, -0.2) is 0 Å². The fourth-order valence-electron chi connectivity index (χ4n) is 1.82. The number of ether oxygens (including phenoxy) is 2. The third kappa shape index (κ3) is 4.14. The Labute approximate surface area is 123 Å². The number of nitrogens with two attached hydrogens (primary N) is 1. The molecule has 0 saturated heterocycles. The molecule has 2 rings (SSSR count). The fraction of sp³-hybridized carbons (Fsp3) is 0.188. The molecule has 0 bridgehead atoms. The van der Waals surface area contributed by atoms with Crippen LogP contribution in [-0.4, -0.2) is 19.6 Å². The van der Waals surface area contributed by atoms with Gasteiger partial charge in [-0.1, -0.05) is 12.1 Å². The Kier molecular flexibility index (Phi) is 4.66. The van der Waals surface area contributed by atoms with Crippen LogP contribution in [0.4, 0.5) is 11.4 Å². The highest BCUT2D eigenvalue weighted by Gasteiger charge is 2.07. The van der Waals surface area contributed by atoms with Gasteiger partial charge in [0.15, 0.2) is 6.61 Å². The maximum absolute atomic E-state index is 11.9. The molecule has 0 radical (unpaired) electrons. The van der Waals surface area contributed by atoms with Gasteiger partial charge in [-0.2, -0.15) is 0 Å². The standard InChI is InChI=1S/C16H18N2O3/c1-11-4-3-5-13(8-11)21-10-16(19)18-15-7-6-12(20-2)9-14(15)17/h3-9H,10,17H2,1-2H3,(H,18,19). The summed E-state index contributed by atoms with van der Waals surface area (Å²) in [5, 5.41) is 2.70. The molecule has 0 spiro atoms. The lowest BCUT2D eigenvalue weighted by Crippen LogP contribution is -2.20. The van der Waals surface area contributed by atoms with Crippen molar-refractivity contribution in [2.45, 2.75) is 6.92 Å². The number of hydrogen-bond acceptors (Lipinski definition) is 4. The van der Waals surface area contributed by atoms with Crippen LogP contribution in [0.5, 0.6) is 11.5 Å². The van der Waals surface area contributed by atoms with E-state index in [0.717, 1.165) is 5.56 Å². The molecule has 0 saturated carbocycles. The molecule has 3 N–H and O–H groups in total. The van der Waals surface area contributed by atoms with Crippen LogP contribution < -0.4 is 20.5 Å². The van der Waals surface area contributed by atoms with Crippen LogP contribution in [0.2, 0.25) is 0 Å². The summed E-state index contributed by atoms with van der Waals surface area (Å²) in [5.41, 5.74) is 7.89. The fourth-order valence-corrected chi connectivity index (χ4v) is 1.82. The van der Waals surface area contributed by atoms with Crippen LogP contribution in [0, 0.1) is 6.92 Å². The average molecular weight is 286 g/mol. The summed E-state index contributed by atoms with van der Waals surface area (Å²) >= 11 is 0. The molecule has 0 aliphatic carbocycles. The summed E-state index contributed by atoms with van der Waals surface area (Å²) in [5.74, 6) is 1.03. The minimum Gasteiger partial charge on any atom is -0.497 e. The number of carbonyl (C=O) groups is 1. The van der Waals surface area contributed by atoms with E-state index in [1.807, 2.05) is 31.2 Å². The lowest BCUT2D eigenvalue weighted by atomic mass is 10.2. The van der Waals surface area contributed by atoms with Gasteiger partial charge in [-0.15, -0.1) is 0 Å². The zero-order chi connectivity index (χ0) is 15.2. The summed E-state index contributed by atoms with van der Waals surface area (Å²) < 4.78 is 10.5. The van der Waals surface area contributed by atoms with Crippen LogP contribution >= 0.6 is 0 Å². The highest BCUT2D eigenvalue weighted by molar-refractivity contribution is 5.95. The van der Waals surface area contributed by atoms with Gasteiger partial charge in [0.2, 0.25) is 0 Å². The molecule has 5 heteroatoms. The largest absolute Gasteiger partial charge is 0.497 e. The zero-order valence-corrected chi connectivity index (χ0v) is 12.1. The van der Waals surface area contributed by atoms with E-state index in [-0.39, 0.29) is 12.5 Å². The van der Waals surface area contributed by atoms with Gasteiger partial charge >= 0.3 is 0 Å². The number of aryl methyl sites for hydroxylation is 1. The molecule has 0 aliphatic heterocycles. The van der Waals surface area contributed by atoms with Crippen molar-refractivity contribution >= 4 is 17.3 Å². The van der Waals surface area contributed by atoms with Crippen LogP contribution in [-0.2, 0) is 4.79 Å². The highest BCUT2D eigenvalue weighted by atomic mass is 16.5. The summed E-state index contributed by atoms with van der Waals surface area (Å²) in [6, 6.07) is 12.6. The quantitative estimate of drug-likeness (QED) is 0.829. The van der Waals surface area contributed by atoms with Crippen molar-refractivity contribution in [3.63, 3.8) is 0 Å². The number of methoxy groups -OCH3 is 1. The van der Waals surface area contributed by atoms with E-state index in [1.54, 1.807) is 25.3 Å². The SMILES string of the molecule is COc1ccc(NC(=O)COc2cccc(C)c2)c(N)c1. The molecule has 0 atom stereocenters. The number of hydrogen-bond donors (Lipinski definition) is 2. The van der Waals surface area contributed by atoms with E-state index in [0.29, 0.717) is 22.9 Å². The van der Waals surface area contributed by atoms with Gasteiger partial charge in [0, 0.05) is 6.07 Å². The molecule has 5 nitrogen and oxygen atoms in total. The molecule has 21 heavy (non-hydrogen) atoms.